The maximum absolute atomic E-state index is 12.3. The number of sulfonamides is 1. The molecule has 1 heterocycles. The van der Waals surface area contributed by atoms with Crippen molar-refractivity contribution in [2.75, 3.05) is 7.05 Å². The van der Waals surface area contributed by atoms with E-state index in [2.05, 4.69) is 4.98 Å². The average molecular weight is 276 g/mol. The zero-order chi connectivity index (χ0) is 13.9. The Morgan fingerprint density at radius 3 is 2.37 bits per heavy atom. The fraction of sp³-hybridized carbons (Fsp3) is 0.214. The molecule has 100 valence electrons. The highest BCUT2D eigenvalue weighted by molar-refractivity contribution is 7.89. The lowest BCUT2D eigenvalue weighted by molar-refractivity contribution is 0.462. The molecule has 0 fully saturated rings. The van der Waals surface area contributed by atoms with Crippen LogP contribution in [0.25, 0.3) is 0 Å². The maximum Gasteiger partial charge on any atom is 0.243 e. The Balaban J connectivity index is 2.23. The molecule has 0 bridgehead atoms. The molecule has 0 saturated carbocycles. The van der Waals surface area contributed by atoms with Crippen molar-refractivity contribution in [2.24, 2.45) is 0 Å². The van der Waals surface area contributed by atoms with Gasteiger partial charge in [-0.25, -0.2) is 8.42 Å². The summed E-state index contributed by atoms with van der Waals surface area (Å²) in [4.78, 5) is 4.61. The molecule has 0 spiro atoms. The molecule has 4 nitrogen and oxygen atoms in total. The third kappa shape index (κ3) is 3.19. The molecule has 1 aromatic carbocycles. The van der Waals surface area contributed by atoms with Gasteiger partial charge < -0.3 is 0 Å². The molecule has 0 radical (unpaired) electrons. The van der Waals surface area contributed by atoms with Crippen molar-refractivity contribution in [2.45, 2.75) is 18.4 Å². The summed E-state index contributed by atoms with van der Waals surface area (Å²) >= 11 is 0. The van der Waals surface area contributed by atoms with Crippen LogP contribution in [0.5, 0.6) is 0 Å². The molecule has 0 atom stereocenters. The van der Waals surface area contributed by atoms with Gasteiger partial charge >= 0.3 is 0 Å². The van der Waals surface area contributed by atoms with E-state index in [-0.39, 0.29) is 6.54 Å². The lowest BCUT2D eigenvalue weighted by Crippen LogP contribution is -2.26. The Labute approximate surface area is 113 Å². The SMILES string of the molecule is Cc1cccc(CN(C)S(=O)(=O)c2ccccc2)n1. The van der Waals surface area contributed by atoms with Crippen molar-refractivity contribution in [3.63, 3.8) is 0 Å². The lowest BCUT2D eigenvalue weighted by atomic mass is 10.3. The number of rotatable bonds is 4. The van der Waals surface area contributed by atoms with Crippen LogP contribution in [-0.4, -0.2) is 24.8 Å². The van der Waals surface area contributed by atoms with Gasteiger partial charge in [-0.2, -0.15) is 4.31 Å². The normalized spacial score (nSPS) is 11.7. The largest absolute Gasteiger partial charge is 0.257 e. The first kappa shape index (κ1) is 13.7. The number of benzene rings is 1. The van der Waals surface area contributed by atoms with E-state index in [0.29, 0.717) is 4.90 Å². The quantitative estimate of drug-likeness (QED) is 0.860. The van der Waals surface area contributed by atoms with Crippen LogP contribution in [0.1, 0.15) is 11.4 Å². The number of hydrogen-bond acceptors (Lipinski definition) is 3. The molecule has 0 amide bonds. The van der Waals surface area contributed by atoms with Crippen LogP contribution in [0.2, 0.25) is 0 Å². The minimum Gasteiger partial charge on any atom is -0.257 e. The number of aromatic nitrogens is 1. The molecule has 1 aromatic heterocycles. The molecule has 2 aromatic rings. The number of hydrogen-bond donors (Lipinski definition) is 0. The molecule has 2 rings (SSSR count). The van der Waals surface area contributed by atoms with Crippen molar-refractivity contribution in [3.8, 4) is 0 Å². The van der Waals surface area contributed by atoms with E-state index in [9.17, 15) is 8.42 Å². The molecular formula is C14H16N2O2S. The highest BCUT2D eigenvalue weighted by Crippen LogP contribution is 2.15. The van der Waals surface area contributed by atoms with Crippen LogP contribution in [0.3, 0.4) is 0 Å². The van der Waals surface area contributed by atoms with Gasteiger partial charge in [-0.05, 0) is 31.2 Å². The van der Waals surface area contributed by atoms with E-state index in [0.717, 1.165) is 11.4 Å². The molecule has 5 heteroatoms. The molecular weight excluding hydrogens is 260 g/mol. The average Bonchev–Trinajstić information content (AvgIpc) is 2.39. The number of nitrogens with zero attached hydrogens (tertiary/aromatic N) is 2. The summed E-state index contributed by atoms with van der Waals surface area (Å²) in [7, 11) is -1.89. The van der Waals surface area contributed by atoms with Crippen molar-refractivity contribution < 1.29 is 8.42 Å². The van der Waals surface area contributed by atoms with Crippen LogP contribution in [0, 0.1) is 6.92 Å². The monoisotopic (exact) mass is 276 g/mol. The van der Waals surface area contributed by atoms with E-state index in [1.807, 2.05) is 25.1 Å². The van der Waals surface area contributed by atoms with Gasteiger partial charge in [0.25, 0.3) is 0 Å². The first-order valence-corrected chi connectivity index (χ1v) is 7.38. The summed E-state index contributed by atoms with van der Waals surface area (Å²) in [6, 6.07) is 14.0. The van der Waals surface area contributed by atoms with Gasteiger partial charge in [0.2, 0.25) is 10.0 Å². The number of pyridine rings is 1. The highest BCUT2D eigenvalue weighted by atomic mass is 32.2. The van der Waals surface area contributed by atoms with Crippen LogP contribution >= 0.6 is 0 Å². The zero-order valence-corrected chi connectivity index (χ0v) is 11.8. The van der Waals surface area contributed by atoms with E-state index >= 15 is 0 Å². The highest BCUT2D eigenvalue weighted by Gasteiger charge is 2.20. The van der Waals surface area contributed by atoms with Crippen molar-refractivity contribution >= 4 is 10.0 Å². The van der Waals surface area contributed by atoms with E-state index in [4.69, 9.17) is 0 Å². The molecule has 0 aliphatic carbocycles. The van der Waals surface area contributed by atoms with Gasteiger partial charge in [-0.15, -0.1) is 0 Å². The summed E-state index contributed by atoms with van der Waals surface area (Å²) < 4.78 is 25.9. The van der Waals surface area contributed by atoms with Gasteiger partial charge in [-0.1, -0.05) is 24.3 Å². The molecule has 0 unspecified atom stereocenters. The Hall–Kier alpha value is -1.72. The molecule has 0 aliphatic heterocycles. The second-order valence-corrected chi connectivity index (χ2v) is 6.39. The third-order valence-electron chi connectivity index (χ3n) is 2.78. The Bertz CT molecular complexity index is 654. The molecule has 0 saturated heterocycles. The topological polar surface area (TPSA) is 50.3 Å². The summed E-state index contributed by atoms with van der Waals surface area (Å²) in [5.41, 5.74) is 1.62. The predicted molar refractivity (Wildman–Crippen MR) is 74.1 cm³/mol. The van der Waals surface area contributed by atoms with Crippen LogP contribution in [0.15, 0.2) is 53.4 Å². The summed E-state index contributed by atoms with van der Waals surface area (Å²) in [6.45, 7) is 2.15. The standard InChI is InChI=1S/C14H16N2O2S/c1-12-7-6-8-13(15-12)11-16(2)19(17,18)14-9-4-3-5-10-14/h3-10H,11H2,1-2H3. The van der Waals surface area contributed by atoms with Crippen LogP contribution in [-0.2, 0) is 16.6 Å². The fourth-order valence-corrected chi connectivity index (χ4v) is 2.94. The Morgan fingerprint density at radius 2 is 1.74 bits per heavy atom. The van der Waals surface area contributed by atoms with Gasteiger partial charge in [0, 0.05) is 12.7 Å². The minimum absolute atomic E-state index is 0.263. The molecule has 0 aliphatic rings. The number of aryl methyl sites for hydroxylation is 1. The van der Waals surface area contributed by atoms with Crippen molar-refractivity contribution in [1.82, 2.24) is 9.29 Å². The Morgan fingerprint density at radius 1 is 1.05 bits per heavy atom. The first-order valence-electron chi connectivity index (χ1n) is 5.94. The van der Waals surface area contributed by atoms with Crippen LogP contribution < -0.4 is 0 Å². The third-order valence-corrected chi connectivity index (χ3v) is 4.60. The molecule has 19 heavy (non-hydrogen) atoms. The zero-order valence-electron chi connectivity index (χ0n) is 10.9. The first-order chi connectivity index (χ1) is 9.00. The van der Waals surface area contributed by atoms with E-state index < -0.39 is 10.0 Å². The second kappa shape index (κ2) is 5.50. The summed E-state index contributed by atoms with van der Waals surface area (Å²) in [6.07, 6.45) is 0. The summed E-state index contributed by atoms with van der Waals surface area (Å²) in [5, 5.41) is 0. The minimum atomic E-state index is -3.46. The fourth-order valence-electron chi connectivity index (χ4n) is 1.77. The van der Waals surface area contributed by atoms with Crippen molar-refractivity contribution in [1.29, 1.82) is 0 Å². The second-order valence-electron chi connectivity index (χ2n) is 4.34. The van der Waals surface area contributed by atoms with Gasteiger partial charge in [0.05, 0.1) is 17.1 Å². The van der Waals surface area contributed by atoms with Crippen molar-refractivity contribution in [3.05, 3.63) is 59.9 Å². The molecule has 0 N–H and O–H groups in total. The maximum atomic E-state index is 12.3. The van der Waals surface area contributed by atoms with Crippen LogP contribution in [0.4, 0.5) is 0 Å². The smallest absolute Gasteiger partial charge is 0.243 e. The van der Waals surface area contributed by atoms with Gasteiger partial charge in [-0.3, -0.25) is 4.98 Å². The van der Waals surface area contributed by atoms with Gasteiger partial charge in [0.1, 0.15) is 0 Å². The van der Waals surface area contributed by atoms with E-state index in [1.165, 1.54) is 4.31 Å². The Kier molecular flexibility index (Phi) is 3.97. The summed E-state index contributed by atoms with van der Waals surface area (Å²) in [5.74, 6) is 0. The lowest BCUT2D eigenvalue weighted by Gasteiger charge is -2.16. The predicted octanol–water partition coefficient (Wildman–Crippen LogP) is 2.21. The van der Waals surface area contributed by atoms with Gasteiger partial charge in [0.15, 0.2) is 0 Å². The van der Waals surface area contributed by atoms with E-state index in [1.54, 1.807) is 37.4 Å².